The van der Waals surface area contributed by atoms with Gasteiger partial charge in [-0.05, 0) is 26.7 Å². The minimum absolute atomic E-state index is 0.425. The topological polar surface area (TPSA) is 55.9 Å². The molecule has 1 unspecified atom stereocenters. The van der Waals surface area contributed by atoms with E-state index in [1.807, 2.05) is 11.6 Å². The van der Waals surface area contributed by atoms with E-state index in [-0.39, 0.29) is 0 Å². The van der Waals surface area contributed by atoms with Crippen LogP contribution in [0, 0.1) is 12.8 Å². The number of aromatic nitrogens is 2. The molecule has 0 spiro atoms. The molecular formula is C13H26N4. The van der Waals surface area contributed by atoms with Crippen LogP contribution in [0.1, 0.15) is 46.2 Å². The minimum Gasteiger partial charge on any atom is -0.394 e. The van der Waals surface area contributed by atoms with Gasteiger partial charge in [0.05, 0.1) is 11.4 Å². The molecule has 0 amide bonds. The molecule has 1 aromatic heterocycles. The summed E-state index contributed by atoms with van der Waals surface area (Å²) in [5.74, 6) is 1.65. The largest absolute Gasteiger partial charge is 0.394 e. The van der Waals surface area contributed by atoms with Gasteiger partial charge in [-0.15, -0.1) is 0 Å². The van der Waals surface area contributed by atoms with Gasteiger partial charge >= 0.3 is 0 Å². The van der Waals surface area contributed by atoms with E-state index in [1.165, 1.54) is 12.8 Å². The van der Waals surface area contributed by atoms with Crippen LogP contribution in [-0.4, -0.2) is 15.8 Å². The lowest BCUT2D eigenvalue weighted by Crippen LogP contribution is -2.26. The average molecular weight is 238 g/mol. The summed E-state index contributed by atoms with van der Waals surface area (Å²) in [4.78, 5) is 0. The van der Waals surface area contributed by atoms with Gasteiger partial charge in [-0.1, -0.05) is 26.7 Å². The highest BCUT2D eigenvalue weighted by Gasteiger charge is 2.18. The van der Waals surface area contributed by atoms with E-state index < -0.39 is 0 Å². The third kappa shape index (κ3) is 2.93. The Morgan fingerprint density at radius 3 is 2.35 bits per heavy atom. The number of rotatable bonds is 6. The first kappa shape index (κ1) is 13.9. The van der Waals surface area contributed by atoms with Gasteiger partial charge in [0.2, 0.25) is 0 Å². The molecule has 0 aromatic carbocycles. The lowest BCUT2D eigenvalue weighted by Gasteiger charge is -2.24. The van der Waals surface area contributed by atoms with Crippen molar-refractivity contribution in [3.05, 3.63) is 5.69 Å². The van der Waals surface area contributed by atoms with Crippen LogP contribution in [0.5, 0.6) is 0 Å². The fraction of sp³-hybridized carbons (Fsp3) is 0.769. The highest BCUT2D eigenvalue weighted by atomic mass is 15.3. The molecule has 0 bridgehead atoms. The molecule has 98 valence electrons. The van der Waals surface area contributed by atoms with Gasteiger partial charge < -0.3 is 11.1 Å². The second-order valence-electron chi connectivity index (χ2n) is 4.67. The van der Waals surface area contributed by atoms with Crippen LogP contribution in [0.25, 0.3) is 0 Å². The summed E-state index contributed by atoms with van der Waals surface area (Å²) < 4.78 is 1.95. The summed E-state index contributed by atoms with van der Waals surface area (Å²) in [6, 6.07) is 0.425. The van der Waals surface area contributed by atoms with E-state index in [4.69, 9.17) is 5.73 Å². The molecule has 1 aromatic rings. The van der Waals surface area contributed by atoms with Gasteiger partial charge in [-0.25, -0.2) is 4.68 Å². The van der Waals surface area contributed by atoms with Crippen molar-refractivity contribution in [2.24, 2.45) is 5.92 Å². The fourth-order valence-electron chi connectivity index (χ4n) is 2.31. The predicted octanol–water partition coefficient (Wildman–Crippen LogP) is 3.03. The van der Waals surface area contributed by atoms with Crippen molar-refractivity contribution in [3.8, 4) is 0 Å². The Morgan fingerprint density at radius 2 is 1.88 bits per heavy atom. The summed E-state index contributed by atoms with van der Waals surface area (Å²) in [5, 5.41) is 7.95. The fourth-order valence-corrected chi connectivity index (χ4v) is 2.31. The molecule has 1 heterocycles. The van der Waals surface area contributed by atoms with Crippen molar-refractivity contribution in [1.82, 2.24) is 9.78 Å². The Kier molecular flexibility index (Phi) is 4.85. The van der Waals surface area contributed by atoms with Crippen molar-refractivity contribution in [1.29, 1.82) is 0 Å². The Balaban J connectivity index is 2.86. The zero-order valence-electron chi connectivity index (χ0n) is 11.7. The van der Waals surface area contributed by atoms with Crippen LogP contribution < -0.4 is 11.1 Å². The van der Waals surface area contributed by atoms with Crippen LogP contribution >= 0.6 is 0 Å². The van der Waals surface area contributed by atoms with Crippen LogP contribution in [0.4, 0.5) is 11.5 Å². The van der Waals surface area contributed by atoms with Gasteiger partial charge in [-0.2, -0.15) is 5.10 Å². The SMILES string of the molecule is CCC(CC)C(C)Nc1c(N)c(C)nn1CC. The summed E-state index contributed by atoms with van der Waals surface area (Å²) in [6.45, 7) is 11.6. The molecule has 0 aliphatic rings. The van der Waals surface area contributed by atoms with E-state index in [9.17, 15) is 0 Å². The Labute approximate surface area is 105 Å². The molecule has 0 radical (unpaired) electrons. The molecule has 1 atom stereocenters. The quantitative estimate of drug-likeness (QED) is 0.801. The number of aryl methyl sites for hydroxylation is 2. The van der Waals surface area contributed by atoms with Crippen LogP contribution in [0.15, 0.2) is 0 Å². The van der Waals surface area contributed by atoms with Crippen LogP contribution in [-0.2, 0) is 6.54 Å². The second kappa shape index (κ2) is 5.94. The Hall–Kier alpha value is -1.19. The highest BCUT2D eigenvalue weighted by molar-refractivity contribution is 5.65. The Morgan fingerprint density at radius 1 is 1.29 bits per heavy atom. The smallest absolute Gasteiger partial charge is 0.148 e. The van der Waals surface area contributed by atoms with E-state index in [0.29, 0.717) is 12.0 Å². The number of nitrogen functional groups attached to an aromatic ring is 1. The molecule has 3 N–H and O–H groups in total. The van der Waals surface area contributed by atoms with E-state index in [0.717, 1.165) is 23.7 Å². The first-order valence-electron chi connectivity index (χ1n) is 6.64. The molecular weight excluding hydrogens is 212 g/mol. The molecule has 0 saturated carbocycles. The second-order valence-corrected chi connectivity index (χ2v) is 4.67. The van der Waals surface area contributed by atoms with Gasteiger partial charge in [0.25, 0.3) is 0 Å². The van der Waals surface area contributed by atoms with E-state index >= 15 is 0 Å². The molecule has 1 rings (SSSR count). The third-order valence-corrected chi connectivity index (χ3v) is 3.59. The maximum atomic E-state index is 6.06. The van der Waals surface area contributed by atoms with E-state index in [2.05, 4.69) is 38.1 Å². The maximum absolute atomic E-state index is 6.06. The molecule has 0 aliphatic heterocycles. The standard InChI is InChI=1S/C13H26N4/c1-6-11(7-2)9(4)15-13-12(14)10(5)16-17(13)8-3/h9,11,15H,6-8,14H2,1-5H3. The monoisotopic (exact) mass is 238 g/mol. The number of nitrogens with one attached hydrogen (secondary N) is 1. The summed E-state index contributed by atoms with van der Waals surface area (Å²) in [5.41, 5.74) is 7.76. The third-order valence-electron chi connectivity index (χ3n) is 3.59. The zero-order valence-corrected chi connectivity index (χ0v) is 11.7. The van der Waals surface area contributed by atoms with Gasteiger partial charge in [0, 0.05) is 12.6 Å². The summed E-state index contributed by atoms with van der Waals surface area (Å²) >= 11 is 0. The van der Waals surface area contributed by atoms with Crippen LogP contribution in [0.3, 0.4) is 0 Å². The molecule has 17 heavy (non-hydrogen) atoms. The van der Waals surface area contributed by atoms with Gasteiger partial charge in [0.1, 0.15) is 5.82 Å². The molecule has 0 saturated heterocycles. The Bertz CT molecular complexity index is 353. The molecule has 0 aliphatic carbocycles. The van der Waals surface area contributed by atoms with Crippen molar-refractivity contribution < 1.29 is 0 Å². The van der Waals surface area contributed by atoms with Crippen molar-refractivity contribution >= 4 is 11.5 Å². The van der Waals surface area contributed by atoms with Crippen molar-refractivity contribution in [2.45, 2.75) is 60.0 Å². The van der Waals surface area contributed by atoms with Gasteiger partial charge in [-0.3, -0.25) is 0 Å². The van der Waals surface area contributed by atoms with Crippen molar-refractivity contribution in [3.63, 3.8) is 0 Å². The number of nitrogens with two attached hydrogens (primary N) is 1. The maximum Gasteiger partial charge on any atom is 0.148 e. The highest BCUT2D eigenvalue weighted by Crippen LogP contribution is 2.25. The summed E-state index contributed by atoms with van der Waals surface area (Å²) in [6.07, 6.45) is 2.37. The molecule has 4 heteroatoms. The van der Waals surface area contributed by atoms with Gasteiger partial charge in [0.15, 0.2) is 0 Å². The molecule has 0 fully saturated rings. The van der Waals surface area contributed by atoms with Crippen LogP contribution in [0.2, 0.25) is 0 Å². The first-order chi connectivity index (χ1) is 8.04. The number of anilines is 2. The minimum atomic E-state index is 0.425. The van der Waals surface area contributed by atoms with Crippen molar-refractivity contribution in [2.75, 3.05) is 11.1 Å². The first-order valence-corrected chi connectivity index (χ1v) is 6.64. The predicted molar refractivity (Wildman–Crippen MR) is 74.2 cm³/mol. The molecule has 4 nitrogen and oxygen atoms in total. The lowest BCUT2D eigenvalue weighted by molar-refractivity contribution is 0.435. The van der Waals surface area contributed by atoms with E-state index in [1.54, 1.807) is 0 Å². The summed E-state index contributed by atoms with van der Waals surface area (Å²) in [7, 11) is 0. The normalized spacial score (nSPS) is 13.1. The lowest BCUT2D eigenvalue weighted by atomic mass is 9.95. The average Bonchev–Trinajstić information content (AvgIpc) is 2.58. The zero-order chi connectivity index (χ0) is 13.0. The number of nitrogens with zero attached hydrogens (tertiary/aromatic N) is 2. The number of hydrogen-bond donors (Lipinski definition) is 2. The number of hydrogen-bond acceptors (Lipinski definition) is 3.